The van der Waals surface area contributed by atoms with Crippen molar-refractivity contribution in [2.45, 2.75) is 19.3 Å². The first-order chi connectivity index (χ1) is 7.24. The topological polar surface area (TPSA) is 39.9 Å². The minimum absolute atomic E-state index is 0. The van der Waals surface area contributed by atoms with Gasteiger partial charge in [0.1, 0.15) is 0 Å². The standard InChI is InChI=1S/C12H18N3.CH3.W/c1-15-7-5-10(6-8-15)9-11-3-2-4-12(13)14-11;;/h2-4,10H,5-9H2,1H3,(H-,13,14);1H3;/q2*-1;+2. The van der Waals surface area contributed by atoms with Crippen molar-refractivity contribution in [3.05, 3.63) is 37.1 Å². The molecular weight excluding hydrogens is 382 g/mol. The van der Waals surface area contributed by atoms with Crippen LogP contribution < -0.4 is 0 Å². The summed E-state index contributed by atoms with van der Waals surface area (Å²) in [5.41, 5.74) is 8.55. The predicted molar refractivity (Wildman–Crippen MR) is 68.6 cm³/mol. The number of aromatic nitrogens is 1. The van der Waals surface area contributed by atoms with Gasteiger partial charge in [-0.05, 0) is 45.3 Å². The molecular formula is C13H21N3W. The number of pyridine rings is 1. The van der Waals surface area contributed by atoms with E-state index in [2.05, 4.69) is 16.9 Å². The second-order valence-corrected chi connectivity index (χ2v) is 4.46. The van der Waals surface area contributed by atoms with Crippen LogP contribution in [0.15, 0.2) is 18.2 Å². The van der Waals surface area contributed by atoms with E-state index in [1.54, 1.807) is 6.07 Å². The SMILES string of the molecule is CN1CCC(Cc2cccc([NH-])n2)CC1.[CH3-].[W+2]. The van der Waals surface area contributed by atoms with Crippen LogP contribution in [0.4, 0.5) is 5.82 Å². The van der Waals surface area contributed by atoms with Crippen LogP contribution in [0.5, 0.6) is 0 Å². The second-order valence-electron chi connectivity index (χ2n) is 4.46. The third-order valence-corrected chi connectivity index (χ3v) is 3.14. The first-order valence-electron chi connectivity index (χ1n) is 5.60. The van der Waals surface area contributed by atoms with Gasteiger partial charge in [0.05, 0.1) is 0 Å². The number of nitrogens with one attached hydrogen (secondary N) is 1. The van der Waals surface area contributed by atoms with Gasteiger partial charge in [0.2, 0.25) is 0 Å². The minimum Gasteiger partial charge on any atom is -0.482 e. The van der Waals surface area contributed by atoms with E-state index in [9.17, 15) is 0 Å². The third kappa shape index (κ3) is 5.18. The molecule has 2 rings (SSSR count). The van der Waals surface area contributed by atoms with Crippen LogP contribution in [-0.4, -0.2) is 30.0 Å². The number of likely N-dealkylation sites (tertiary alicyclic amines) is 1. The van der Waals surface area contributed by atoms with E-state index in [4.69, 9.17) is 5.73 Å². The summed E-state index contributed by atoms with van der Waals surface area (Å²) < 4.78 is 0. The zero-order chi connectivity index (χ0) is 10.7. The molecule has 1 fully saturated rings. The van der Waals surface area contributed by atoms with Gasteiger partial charge in [-0.25, -0.2) is 0 Å². The zero-order valence-electron chi connectivity index (χ0n) is 10.6. The van der Waals surface area contributed by atoms with Crippen molar-refractivity contribution in [2.75, 3.05) is 20.1 Å². The van der Waals surface area contributed by atoms with Gasteiger partial charge in [0.25, 0.3) is 0 Å². The molecule has 0 atom stereocenters. The van der Waals surface area contributed by atoms with E-state index in [1.165, 1.54) is 25.9 Å². The van der Waals surface area contributed by atoms with Crippen molar-refractivity contribution >= 4 is 5.82 Å². The fourth-order valence-electron chi connectivity index (χ4n) is 2.16. The number of piperidine rings is 1. The summed E-state index contributed by atoms with van der Waals surface area (Å²) in [5.74, 6) is 1.15. The maximum atomic E-state index is 7.47. The Hall–Kier alpha value is -0.402. The van der Waals surface area contributed by atoms with Crippen molar-refractivity contribution < 1.29 is 21.1 Å². The fraction of sp³-hybridized carbons (Fsp3) is 0.538. The molecule has 0 radical (unpaired) electrons. The van der Waals surface area contributed by atoms with Crippen LogP contribution in [0.1, 0.15) is 18.5 Å². The van der Waals surface area contributed by atoms with Crippen LogP contribution >= 0.6 is 0 Å². The Balaban J connectivity index is 0.00000128. The first-order valence-corrected chi connectivity index (χ1v) is 5.60. The van der Waals surface area contributed by atoms with Crippen molar-refractivity contribution in [1.82, 2.24) is 9.88 Å². The monoisotopic (exact) mass is 403 g/mol. The molecule has 1 aliphatic heterocycles. The van der Waals surface area contributed by atoms with Crippen LogP contribution in [-0.2, 0) is 27.5 Å². The molecule has 1 aromatic rings. The van der Waals surface area contributed by atoms with E-state index >= 15 is 0 Å². The average molecular weight is 403 g/mol. The smallest absolute Gasteiger partial charge is 0.482 e. The molecule has 1 aliphatic rings. The van der Waals surface area contributed by atoms with Gasteiger partial charge in [-0.1, -0.05) is 29.7 Å². The molecule has 0 spiro atoms. The Morgan fingerprint density at radius 2 is 2.00 bits per heavy atom. The van der Waals surface area contributed by atoms with Gasteiger partial charge in [-0.15, -0.1) is 0 Å². The van der Waals surface area contributed by atoms with Gasteiger partial charge < -0.3 is 23.0 Å². The Bertz CT molecular complexity index is 322. The number of hydrogen-bond donors (Lipinski definition) is 0. The van der Waals surface area contributed by atoms with Gasteiger partial charge in [0, 0.05) is 0 Å². The third-order valence-electron chi connectivity index (χ3n) is 3.14. The Morgan fingerprint density at radius 1 is 1.35 bits per heavy atom. The summed E-state index contributed by atoms with van der Waals surface area (Å²) >= 11 is 0. The van der Waals surface area contributed by atoms with Crippen molar-refractivity contribution in [1.29, 1.82) is 0 Å². The summed E-state index contributed by atoms with van der Waals surface area (Å²) in [7, 11) is 2.18. The Labute approximate surface area is 119 Å². The molecule has 1 aromatic heterocycles. The van der Waals surface area contributed by atoms with Gasteiger partial charge in [0.15, 0.2) is 0 Å². The van der Waals surface area contributed by atoms with Crippen LogP contribution in [0.25, 0.3) is 5.73 Å². The van der Waals surface area contributed by atoms with Gasteiger partial charge >= 0.3 is 21.1 Å². The molecule has 0 saturated carbocycles. The molecule has 1 saturated heterocycles. The molecule has 0 aliphatic carbocycles. The summed E-state index contributed by atoms with van der Waals surface area (Å²) in [5, 5.41) is 0. The summed E-state index contributed by atoms with van der Waals surface area (Å²) in [6.07, 6.45) is 3.57. The largest absolute Gasteiger partial charge is 2.00 e. The zero-order valence-corrected chi connectivity index (χ0v) is 13.6. The van der Waals surface area contributed by atoms with Crippen LogP contribution in [0, 0.1) is 13.3 Å². The van der Waals surface area contributed by atoms with Crippen molar-refractivity contribution in [3.8, 4) is 0 Å². The Kier molecular flexibility index (Phi) is 7.65. The molecule has 0 unspecified atom stereocenters. The van der Waals surface area contributed by atoms with E-state index in [0.717, 1.165) is 18.0 Å². The quantitative estimate of drug-likeness (QED) is 0.713. The normalized spacial score (nSPS) is 17.0. The summed E-state index contributed by atoms with van der Waals surface area (Å²) in [6.45, 7) is 2.40. The van der Waals surface area contributed by atoms with E-state index in [1.807, 2.05) is 12.1 Å². The second kappa shape index (κ2) is 7.83. The number of rotatable bonds is 2. The molecule has 0 bridgehead atoms. The summed E-state index contributed by atoms with van der Waals surface area (Å²) in [4.78, 5) is 6.62. The molecule has 2 heterocycles. The van der Waals surface area contributed by atoms with E-state index in [0.29, 0.717) is 5.82 Å². The van der Waals surface area contributed by atoms with E-state index in [-0.39, 0.29) is 28.5 Å². The van der Waals surface area contributed by atoms with Crippen molar-refractivity contribution in [2.24, 2.45) is 5.92 Å². The molecule has 3 nitrogen and oxygen atoms in total. The molecule has 0 aromatic carbocycles. The molecule has 4 heteroatoms. The molecule has 17 heavy (non-hydrogen) atoms. The van der Waals surface area contributed by atoms with Gasteiger partial charge in [-0.2, -0.15) is 0 Å². The minimum atomic E-state index is 0. The van der Waals surface area contributed by atoms with Crippen LogP contribution in [0.2, 0.25) is 0 Å². The first kappa shape index (κ1) is 16.6. The van der Waals surface area contributed by atoms with E-state index < -0.39 is 0 Å². The predicted octanol–water partition coefficient (Wildman–Crippen LogP) is 3.10. The Morgan fingerprint density at radius 3 is 2.59 bits per heavy atom. The molecule has 0 amide bonds. The molecule has 1 N–H and O–H groups in total. The fourth-order valence-corrected chi connectivity index (χ4v) is 2.16. The van der Waals surface area contributed by atoms with Gasteiger partial charge in [-0.3, -0.25) is 0 Å². The number of nitrogens with zero attached hydrogens (tertiary/aromatic N) is 2. The maximum Gasteiger partial charge on any atom is 2.00 e. The molecule has 94 valence electrons. The van der Waals surface area contributed by atoms with Crippen LogP contribution in [0.3, 0.4) is 0 Å². The number of hydrogen-bond acceptors (Lipinski definition) is 2. The average Bonchev–Trinajstić information content (AvgIpc) is 2.22. The summed E-state index contributed by atoms with van der Waals surface area (Å²) in [6, 6.07) is 5.70. The maximum absolute atomic E-state index is 7.47. The van der Waals surface area contributed by atoms with Crippen molar-refractivity contribution in [3.63, 3.8) is 0 Å².